The molecule has 1 spiro atoms. The predicted octanol–water partition coefficient (Wildman–Crippen LogP) is 3.49. The Balaban J connectivity index is 0.000000317. The Bertz CT molecular complexity index is 1060. The number of carbonyl (C=O) groups excluding carboxylic acids is 1. The summed E-state index contributed by atoms with van der Waals surface area (Å²) in [5.74, 6) is -5.57. The summed E-state index contributed by atoms with van der Waals surface area (Å²) in [6, 6.07) is 5.73. The van der Waals surface area contributed by atoms with E-state index in [4.69, 9.17) is 29.0 Å². The Morgan fingerprint density at radius 1 is 1.10 bits per heavy atom. The van der Waals surface area contributed by atoms with Crippen LogP contribution in [0.5, 0.6) is 0 Å². The van der Waals surface area contributed by atoms with E-state index < -0.39 is 24.3 Å². The minimum absolute atomic E-state index is 0.0524. The van der Waals surface area contributed by atoms with Crippen molar-refractivity contribution in [3.8, 4) is 0 Å². The summed E-state index contributed by atoms with van der Waals surface area (Å²) in [6.07, 6.45) is -0.660. The zero-order valence-electron chi connectivity index (χ0n) is 20.2. The molecule has 2 aliphatic heterocycles. The summed E-state index contributed by atoms with van der Waals surface area (Å²) < 4.78 is 74.8. The van der Waals surface area contributed by atoms with E-state index in [1.807, 2.05) is 6.07 Å². The lowest BCUT2D eigenvalue weighted by atomic mass is 9.89. The summed E-state index contributed by atoms with van der Waals surface area (Å²) in [5, 5.41) is 17.4. The smallest absolute Gasteiger partial charge is 0.475 e. The van der Waals surface area contributed by atoms with E-state index in [1.54, 1.807) is 37.1 Å². The number of alkyl halides is 6. The van der Waals surface area contributed by atoms with Gasteiger partial charge in [0.2, 0.25) is 0 Å². The van der Waals surface area contributed by atoms with E-state index in [-0.39, 0.29) is 17.6 Å². The molecule has 39 heavy (non-hydrogen) atoms. The van der Waals surface area contributed by atoms with Crippen molar-refractivity contribution >= 4 is 17.8 Å². The van der Waals surface area contributed by atoms with Gasteiger partial charge in [-0.3, -0.25) is 14.7 Å². The summed E-state index contributed by atoms with van der Waals surface area (Å²) in [5.41, 5.74) is 1.65. The Kier molecular flexibility index (Phi) is 10.9. The molecule has 216 valence electrons. The van der Waals surface area contributed by atoms with E-state index in [1.165, 1.54) is 5.56 Å². The van der Waals surface area contributed by atoms with Gasteiger partial charge in [-0.15, -0.1) is 0 Å². The number of pyridine rings is 1. The van der Waals surface area contributed by atoms with Crippen LogP contribution >= 0.6 is 0 Å². The number of nitrogens with one attached hydrogen (secondary N) is 1. The van der Waals surface area contributed by atoms with Crippen LogP contribution in [0.3, 0.4) is 0 Å². The molecule has 3 N–H and O–H groups in total. The lowest BCUT2D eigenvalue weighted by molar-refractivity contribution is -0.193. The fourth-order valence-corrected chi connectivity index (χ4v) is 3.90. The SMILES string of the molecule is O=C(N[C@@H]1CCO[C@]2(CCN(Cc3ccoc3)C2)C1)c1cccnc1.O=C(O)C(F)(F)F.O=C(O)C(F)(F)F. The average molecular weight is 569 g/mol. The number of ether oxygens (including phenoxy) is 1. The highest BCUT2D eigenvalue weighted by atomic mass is 19.4. The second-order valence-electron chi connectivity index (χ2n) is 8.63. The first kappa shape index (κ1) is 31.6. The molecule has 0 unspecified atom stereocenters. The van der Waals surface area contributed by atoms with Gasteiger partial charge in [-0.05, 0) is 37.5 Å². The van der Waals surface area contributed by atoms with Gasteiger partial charge < -0.3 is 24.7 Å². The summed E-state index contributed by atoms with van der Waals surface area (Å²) >= 11 is 0. The van der Waals surface area contributed by atoms with Crippen molar-refractivity contribution in [3.05, 3.63) is 54.2 Å². The van der Waals surface area contributed by atoms with Crippen molar-refractivity contribution in [2.75, 3.05) is 19.7 Å². The quantitative estimate of drug-likeness (QED) is 0.472. The third-order valence-corrected chi connectivity index (χ3v) is 5.62. The number of nitrogens with zero attached hydrogens (tertiary/aromatic N) is 2. The Labute approximate surface area is 217 Å². The summed E-state index contributed by atoms with van der Waals surface area (Å²) in [7, 11) is 0. The molecule has 0 bridgehead atoms. The predicted molar refractivity (Wildman–Crippen MR) is 119 cm³/mol. The lowest BCUT2D eigenvalue weighted by Crippen LogP contribution is -2.49. The monoisotopic (exact) mass is 569 g/mol. The number of halogens is 6. The Morgan fingerprint density at radius 3 is 2.26 bits per heavy atom. The number of likely N-dealkylation sites (tertiary alicyclic amines) is 1. The van der Waals surface area contributed by atoms with Gasteiger partial charge in [-0.2, -0.15) is 26.3 Å². The summed E-state index contributed by atoms with van der Waals surface area (Å²) in [4.78, 5) is 36.6. The van der Waals surface area contributed by atoms with Gasteiger partial charge in [0.05, 0.1) is 23.7 Å². The van der Waals surface area contributed by atoms with Crippen molar-refractivity contribution in [2.45, 2.75) is 49.8 Å². The number of aliphatic carboxylic acids is 2. The molecule has 4 heterocycles. The third kappa shape index (κ3) is 10.6. The second kappa shape index (κ2) is 13.4. The van der Waals surface area contributed by atoms with Crippen molar-refractivity contribution in [1.29, 1.82) is 0 Å². The zero-order chi connectivity index (χ0) is 29.3. The molecule has 0 aliphatic carbocycles. The van der Waals surface area contributed by atoms with E-state index in [9.17, 15) is 31.1 Å². The van der Waals surface area contributed by atoms with Crippen LogP contribution in [0.15, 0.2) is 47.5 Å². The van der Waals surface area contributed by atoms with Gasteiger partial charge in [-0.25, -0.2) is 9.59 Å². The van der Waals surface area contributed by atoms with Gasteiger partial charge in [0.25, 0.3) is 5.91 Å². The minimum Gasteiger partial charge on any atom is -0.475 e. The molecule has 2 aliphatic rings. The van der Waals surface area contributed by atoms with Gasteiger partial charge in [0.15, 0.2) is 0 Å². The maximum atomic E-state index is 12.4. The highest BCUT2D eigenvalue weighted by Gasteiger charge is 2.43. The molecular formula is C23H25F6N3O7. The van der Waals surface area contributed by atoms with Gasteiger partial charge in [0, 0.05) is 50.2 Å². The number of hydrogen-bond acceptors (Lipinski definition) is 7. The number of carbonyl (C=O) groups is 3. The molecule has 10 nitrogen and oxygen atoms in total. The Morgan fingerprint density at radius 2 is 1.74 bits per heavy atom. The molecule has 4 rings (SSSR count). The Hall–Kier alpha value is -3.66. The van der Waals surface area contributed by atoms with Gasteiger partial charge in [0.1, 0.15) is 0 Å². The van der Waals surface area contributed by atoms with Crippen LogP contribution in [0.2, 0.25) is 0 Å². The maximum absolute atomic E-state index is 12.4. The third-order valence-electron chi connectivity index (χ3n) is 5.62. The lowest BCUT2D eigenvalue weighted by Gasteiger charge is -2.38. The highest BCUT2D eigenvalue weighted by molar-refractivity contribution is 5.94. The summed E-state index contributed by atoms with van der Waals surface area (Å²) in [6.45, 7) is 3.48. The van der Waals surface area contributed by atoms with E-state index >= 15 is 0 Å². The van der Waals surface area contributed by atoms with Crippen molar-refractivity contribution < 1.29 is 60.1 Å². The molecule has 1 amide bonds. The van der Waals surface area contributed by atoms with Crippen LogP contribution in [0.1, 0.15) is 35.2 Å². The van der Waals surface area contributed by atoms with Crippen LogP contribution in [-0.4, -0.2) is 81.6 Å². The molecular weight excluding hydrogens is 544 g/mol. The fourth-order valence-electron chi connectivity index (χ4n) is 3.90. The first-order chi connectivity index (χ1) is 18.1. The van der Waals surface area contributed by atoms with E-state index in [0.717, 1.165) is 38.9 Å². The van der Waals surface area contributed by atoms with Crippen molar-refractivity contribution in [2.24, 2.45) is 0 Å². The largest absolute Gasteiger partial charge is 0.490 e. The van der Waals surface area contributed by atoms with Crippen LogP contribution in [-0.2, 0) is 20.9 Å². The van der Waals surface area contributed by atoms with E-state index in [2.05, 4.69) is 15.2 Å². The minimum atomic E-state index is -5.08. The normalized spacial score (nSPS) is 21.2. The zero-order valence-corrected chi connectivity index (χ0v) is 20.2. The van der Waals surface area contributed by atoms with Crippen molar-refractivity contribution in [1.82, 2.24) is 15.2 Å². The molecule has 2 aromatic rings. The first-order valence-electron chi connectivity index (χ1n) is 11.3. The highest BCUT2D eigenvalue weighted by Crippen LogP contribution is 2.35. The number of carboxylic acid groups (broad SMARTS) is 2. The maximum Gasteiger partial charge on any atom is 0.490 e. The average Bonchev–Trinajstić information content (AvgIpc) is 3.49. The van der Waals surface area contributed by atoms with Crippen molar-refractivity contribution in [3.63, 3.8) is 0 Å². The molecule has 2 saturated heterocycles. The van der Waals surface area contributed by atoms with Gasteiger partial charge >= 0.3 is 24.3 Å². The molecule has 0 saturated carbocycles. The molecule has 2 fully saturated rings. The number of amides is 1. The molecule has 16 heteroatoms. The first-order valence-corrected chi connectivity index (χ1v) is 11.3. The standard InChI is InChI=1S/C19H23N3O3.2C2HF3O2/c23-18(16-2-1-6-20-11-16)21-17-4-9-25-19(10-17)5-7-22(14-19)12-15-3-8-24-13-15;2*3-2(4,5)1(6)7/h1-3,6,8,11,13,17H,4-5,7,9-10,12,14H2,(H,21,23);2*(H,6,7)/t17-,19-;;/m1../s1. The molecule has 0 aromatic carbocycles. The molecule has 2 aromatic heterocycles. The second-order valence-corrected chi connectivity index (χ2v) is 8.63. The van der Waals surface area contributed by atoms with Gasteiger partial charge in [-0.1, -0.05) is 0 Å². The number of furan rings is 1. The van der Waals surface area contributed by atoms with Crippen LogP contribution in [0.4, 0.5) is 26.3 Å². The molecule has 0 radical (unpaired) electrons. The number of aromatic nitrogens is 1. The number of rotatable bonds is 4. The van der Waals surface area contributed by atoms with E-state index in [0.29, 0.717) is 12.2 Å². The fraction of sp³-hybridized carbons (Fsp3) is 0.478. The van der Waals surface area contributed by atoms with Crippen LogP contribution in [0.25, 0.3) is 0 Å². The van der Waals surface area contributed by atoms with Crippen LogP contribution in [0, 0.1) is 0 Å². The van der Waals surface area contributed by atoms with Crippen LogP contribution < -0.4 is 5.32 Å². The number of hydrogen-bond donors (Lipinski definition) is 3. The number of carboxylic acids is 2. The molecule has 2 atom stereocenters. The topological polar surface area (TPSA) is 142 Å².